The molecule has 2 N–H and O–H groups in total. The summed E-state index contributed by atoms with van der Waals surface area (Å²) in [6.07, 6.45) is 6.02. The molecule has 0 radical (unpaired) electrons. The van der Waals surface area contributed by atoms with E-state index >= 15 is 0 Å². The van der Waals surface area contributed by atoms with E-state index in [1.54, 1.807) is 0 Å². The van der Waals surface area contributed by atoms with Crippen LogP contribution in [0.2, 0.25) is 0 Å². The molecule has 7 heteroatoms. The fraction of sp³-hybridized carbons (Fsp3) is 0.483. The number of hydrogen-bond donors (Lipinski definition) is 2. The molecule has 4 rings (SSSR count). The van der Waals surface area contributed by atoms with Crippen LogP contribution in [-0.4, -0.2) is 34.1 Å². The first-order valence-electron chi connectivity index (χ1n) is 13.1. The van der Waals surface area contributed by atoms with Crippen LogP contribution < -0.4 is 5.32 Å². The number of benzene rings is 2. The molecule has 1 saturated heterocycles. The van der Waals surface area contributed by atoms with Gasteiger partial charge in [-0.1, -0.05) is 45.4 Å². The van der Waals surface area contributed by atoms with Crippen LogP contribution in [0.25, 0.3) is 0 Å². The van der Waals surface area contributed by atoms with Gasteiger partial charge in [-0.2, -0.15) is 0 Å². The number of carbonyl (C=O) groups is 3. The van der Waals surface area contributed by atoms with Gasteiger partial charge in [0.05, 0.1) is 11.6 Å². The van der Waals surface area contributed by atoms with Crippen molar-refractivity contribution in [1.29, 1.82) is 0 Å². The number of fused-ring (bicyclic) bond motifs is 1. The molecule has 192 valence electrons. The fourth-order valence-electron chi connectivity index (χ4n) is 5.47. The summed E-state index contributed by atoms with van der Waals surface area (Å²) in [5.41, 5.74) is 3.06. The number of rotatable bonds is 8. The van der Waals surface area contributed by atoms with Crippen molar-refractivity contribution in [1.82, 2.24) is 10.2 Å². The molecule has 1 aliphatic heterocycles. The summed E-state index contributed by atoms with van der Waals surface area (Å²) in [5, 5.41) is 12.6. The van der Waals surface area contributed by atoms with E-state index in [2.05, 4.69) is 30.4 Å². The smallest absolute Gasteiger partial charge is 0.340 e. The molecule has 3 amide bonds. The van der Waals surface area contributed by atoms with Crippen LogP contribution in [0.4, 0.5) is 4.79 Å². The molecule has 7 nitrogen and oxygen atoms in total. The summed E-state index contributed by atoms with van der Waals surface area (Å²) in [6, 6.07) is 11.3. The molecule has 0 saturated carbocycles. The highest BCUT2D eigenvalue weighted by Gasteiger charge is 2.63. The number of hydrogen-bond acceptors (Lipinski definition) is 5. The van der Waals surface area contributed by atoms with Crippen molar-refractivity contribution in [3.8, 4) is 5.75 Å². The number of imide groups is 1. The van der Waals surface area contributed by atoms with Gasteiger partial charge in [0, 0.05) is 0 Å². The Labute approximate surface area is 212 Å². The molecule has 2 atom stereocenters. The van der Waals surface area contributed by atoms with Gasteiger partial charge in [0.25, 0.3) is 0 Å². The zero-order valence-corrected chi connectivity index (χ0v) is 21.4. The number of nitrogens with one attached hydrogen (secondary N) is 1. The maximum Gasteiger partial charge on any atom is 0.340 e. The molecular weight excluding hydrogens is 456 g/mol. The third-order valence-electron chi connectivity index (χ3n) is 7.80. The van der Waals surface area contributed by atoms with E-state index in [0.717, 1.165) is 36.1 Å². The molecule has 0 spiro atoms. The average molecular weight is 493 g/mol. The third kappa shape index (κ3) is 4.71. The summed E-state index contributed by atoms with van der Waals surface area (Å²) in [7, 11) is 0. The summed E-state index contributed by atoms with van der Waals surface area (Å²) in [5.74, 6) is -0.933. The topological polar surface area (TPSA) is 95.9 Å². The summed E-state index contributed by atoms with van der Waals surface area (Å²) >= 11 is 0. The van der Waals surface area contributed by atoms with Gasteiger partial charge in [0.1, 0.15) is 11.2 Å². The van der Waals surface area contributed by atoms with E-state index in [9.17, 15) is 19.5 Å². The van der Waals surface area contributed by atoms with Crippen molar-refractivity contribution >= 4 is 17.9 Å². The highest BCUT2D eigenvalue weighted by molar-refractivity contribution is 6.04. The van der Waals surface area contributed by atoms with E-state index in [1.165, 1.54) is 48.2 Å². The number of aromatic hydroxyl groups is 1. The zero-order chi connectivity index (χ0) is 25.9. The maximum atomic E-state index is 13.4. The number of likely N-dealkylation sites (tertiary alicyclic amines) is 1. The first-order valence-corrected chi connectivity index (χ1v) is 13.1. The average Bonchev–Trinajstić information content (AvgIpc) is 2.89. The van der Waals surface area contributed by atoms with Gasteiger partial charge in [0.2, 0.25) is 12.1 Å². The van der Waals surface area contributed by atoms with Crippen LogP contribution in [0.15, 0.2) is 42.5 Å². The molecule has 1 fully saturated rings. The van der Waals surface area contributed by atoms with E-state index in [4.69, 9.17) is 4.74 Å². The van der Waals surface area contributed by atoms with E-state index in [0.29, 0.717) is 12.8 Å². The van der Waals surface area contributed by atoms with Crippen LogP contribution in [0.1, 0.15) is 92.4 Å². The molecule has 1 heterocycles. The number of β-lactam (4-membered cyclic amide) rings is 1. The molecule has 0 aromatic heterocycles. The quantitative estimate of drug-likeness (QED) is 0.367. The van der Waals surface area contributed by atoms with Gasteiger partial charge in [-0.05, 0) is 85.9 Å². The monoisotopic (exact) mass is 492 g/mol. The lowest BCUT2D eigenvalue weighted by Crippen LogP contribution is -2.73. The van der Waals surface area contributed by atoms with Gasteiger partial charge in [-0.15, -0.1) is 0 Å². The van der Waals surface area contributed by atoms with Gasteiger partial charge in [0.15, 0.2) is 0 Å². The first kappa shape index (κ1) is 25.7. The molecule has 36 heavy (non-hydrogen) atoms. The predicted molar refractivity (Wildman–Crippen MR) is 136 cm³/mol. The first-order chi connectivity index (χ1) is 17.3. The van der Waals surface area contributed by atoms with Crippen molar-refractivity contribution in [3.05, 3.63) is 64.7 Å². The number of nitrogens with zero attached hydrogens (tertiary/aromatic N) is 1. The molecule has 2 aliphatic rings. The second-order valence-electron chi connectivity index (χ2n) is 9.87. The number of aryl methyl sites for hydroxylation is 2. The molecule has 2 aromatic rings. The van der Waals surface area contributed by atoms with Crippen molar-refractivity contribution < 1.29 is 24.2 Å². The SMILES string of the molecule is CCC[C@@H](NC(=O)N1C(=O)C(CC)(CC)[C@@H]1OC(=O)c1ccc(O)cc1)c1ccc2c(c1)CCCC2. The normalized spacial score (nSPS) is 19.1. The van der Waals surface area contributed by atoms with Gasteiger partial charge < -0.3 is 15.2 Å². The van der Waals surface area contributed by atoms with Crippen LogP contribution in [0, 0.1) is 5.41 Å². The third-order valence-corrected chi connectivity index (χ3v) is 7.80. The van der Waals surface area contributed by atoms with Crippen molar-refractivity contribution in [2.75, 3.05) is 0 Å². The second kappa shape index (κ2) is 10.7. The molecule has 0 unspecified atom stereocenters. The summed E-state index contributed by atoms with van der Waals surface area (Å²) < 4.78 is 5.76. The van der Waals surface area contributed by atoms with Crippen molar-refractivity contribution in [3.63, 3.8) is 0 Å². The fourth-order valence-corrected chi connectivity index (χ4v) is 5.47. The summed E-state index contributed by atoms with van der Waals surface area (Å²) in [6.45, 7) is 5.80. The van der Waals surface area contributed by atoms with Crippen LogP contribution >= 0.6 is 0 Å². The lowest BCUT2D eigenvalue weighted by Gasteiger charge is -2.52. The number of esters is 1. The Kier molecular flexibility index (Phi) is 7.67. The number of carbonyl (C=O) groups excluding carboxylic acids is 3. The lowest BCUT2D eigenvalue weighted by atomic mass is 9.72. The van der Waals surface area contributed by atoms with Gasteiger partial charge >= 0.3 is 12.0 Å². The Bertz CT molecular complexity index is 1120. The Morgan fingerprint density at radius 2 is 1.72 bits per heavy atom. The maximum absolute atomic E-state index is 13.4. The predicted octanol–water partition coefficient (Wildman–Crippen LogP) is 5.65. The lowest BCUT2D eigenvalue weighted by molar-refractivity contribution is -0.197. The Hall–Kier alpha value is -3.35. The number of amides is 3. The van der Waals surface area contributed by atoms with Crippen LogP contribution in [-0.2, 0) is 22.4 Å². The number of phenols is 1. The molecule has 1 aliphatic carbocycles. The minimum Gasteiger partial charge on any atom is -0.508 e. The van der Waals surface area contributed by atoms with Gasteiger partial charge in [-0.3, -0.25) is 4.79 Å². The summed E-state index contributed by atoms with van der Waals surface area (Å²) in [4.78, 5) is 40.6. The number of ether oxygens (including phenoxy) is 1. The molecular formula is C29H36N2O5. The van der Waals surface area contributed by atoms with E-state index < -0.39 is 23.6 Å². The Morgan fingerprint density at radius 1 is 1.06 bits per heavy atom. The van der Waals surface area contributed by atoms with E-state index in [1.807, 2.05) is 13.8 Å². The highest BCUT2D eigenvalue weighted by atomic mass is 16.6. The minimum absolute atomic E-state index is 0.0342. The molecule has 2 aromatic carbocycles. The Morgan fingerprint density at radius 3 is 2.36 bits per heavy atom. The number of phenolic OH excluding ortho intramolecular Hbond substituents is 1. The largest absolute Gasteiger partial charge is 0.508 e. The van der Waals surface area contributed by atoms with E-state index in [-0.39, 0.29) is 23.3 Å². The van der Waals surface area contributed by atoms with Crippen LogP contribution in [0.5, 0.6) is 5.75 Å². The second-order valence-corrected chi connectivity index (χ2v) is 9.87. The number of urea groups is 1. The van der Waals surface area contributed by atoms with Gasteiger partial charge in [-0.25, -0.2) is 14.5 Å². The van der Waals surface area contributed by atoms with Crippen molar-refractivity contribution in [2.24, 2.45) is 5.41 Å². The minimum atomic E-state index is -0.993. The van der Waals surface area contributed by atoms with Crippen LogP contribution in [0.3, 0.4) is 0 Å². The molecule has 0 bridgehead atoms. The Balaban J connectivity index is 1.55. The zero-order valence-electron chi connectivity index (χ0n) is 21.4. The standard InChI is InChI=1S/C29H36N2O5/c1-4-9-24(22-13-12-19-10-7-8-11-21(19)18-22)30-28(35)31-26(34)29(5-2,6-3)27(31)36-25(33)20-14-16-23(32)17-15-20/h12-18,24,27,32H,4-11H2,1-3H3,(H,30,35)/t24-,27+/m1/s1. The van der Waals surface area contributed by atoms with Crippen molar-refractivity contribution in [2.45, 2.75) is 84.4 Å². The highest BCUT2D eigenvalue weighted by Crippen LogP contribution is 2.46.